The van der Waals surface area contributed by atoms with Gasteiger partial charge in [-0.05, 0) is 56.3 Å². The van der Waals surface area contributed by atoms with E-state index < -0.39 is 0 Å². The zero-order valence-electron chi connectivity index (χ0n) is 10.3. The molecule has 3 N–H and O–H groups in total. The molecule has 0 aliphatic heterocycles. The first-order valence-corrected chi connectivity index (χ1v) is 7.18. The Kier molecular flexibility index (Phi) is 4.60. The Morgan fingerprint density at radius 2 is 1.76 bits per heavy atom. The summed E-state index contributed by atoms with van der Waals surface area (Å²) in [6, 6.07) is 9.55. The van der Waals surface area contributed by atoms with Crippen LogP contribution in [0.25, 0.3) is 0 Å². The van der Waals surface area contributed by atoms with Crippen molar-refractivity contribution in [3.8, 4) is 0 Å². The van der Waals surface area contributed by atoms with Crippen LogP contribution in [-0.2, 0) is 0 Å². The summed E-state index contributed by atoms with van der Waals surface area (Å²) >= 11 is 3.48. The molecule has 0 amide bonds. The largest absolute Gasteiger partial charge is 0.328 e. The molecule has 1 aliphatic rings. The Hall–Kier alpha value is -0.380. The van der Waals surface area contributed by atoms with Crippen molar-refractivity contribution in [3.05, 3.63) is 34.3 Å². The van der Waals surface area contributed by atoms with E-state index in [1.54, 1.807) is 0 Å². The van der Waals surface area contributed by atoms with Gasteiger partial charge in [0.1, 0.15) is 0 Å². The van der Waals surface area contributed by atoms with Crippen LogP contribution in [0.3, 0.4) is 0 Å². The van der Waals surface area contributed by atoms with E-state index in [1.807, 2.05) is 0 Å². The van der Waals surface area contributed by atoms with E-state index in [9.17, 15) is 0 Å². The molecule has 2 rings (SSSR count). The van der Waals surface area contributed by atoms with Gasteiger partial charge in [0, 0.05) is 16.6 Å². The van der Waals surface area contributed by atoms with Crippen LogP contribution < -0.4 is 11.1 Å². The second-order valence-electron chi connectivity index (χ2n) is 4.99. The number of rotatable bonds is 3. The molecule has 0 radical (unpaired) electrons. The predicted octanol–water partition coefficient (Wildman–Crippen LogP) is 3.23. The summed E-state index contributed by atoms with van der Waals surface area (Å²) in [6.07, 6.45) is 4.81. The standard InChI is InChI=1S/C14H21BrN2/c1-17-14(10-2-6-12(15)7-3-10)11-4-8-13(16)9-5-11/h2-3,6-7,11,13-14,17H,4-5,8-9,16H2,1H3. The van der Waals surface area contributed by atoms with E-state index in [2.05, 4.69) is 52.6 Å². The molecule has 0 spiro atoms. The fourth-order valence-corrected chi connectivity index (χ4v) is 3.09. The van der Waals surface area contributed by atoms with Crippen molar-refractivity contribution in [3.63, 3.8) is 0 Å². The average Bonchev–Trinajstić information content (AvgIpc) is 2.35. The maximum absolute atomic E-state index is 5.97. The topological polar surface area (TPSA) is 38.0 Å². The van der Waals surface area contributed by atoms with Crippen molar-refractivity contribution in [2.24, 2.45) is 11.7 Å². The van der Waals surface area contributed by atoms with Gasteiger partial charge >= 0.3 is 0 Å². The number of benzene rings is 1. The quantitative estimate of drug-likeness (QED) is 0.899. The van der Waals surface area contributed by atoms with Crippen LogP contribution in [0.15, 0.2) is 28.7 Å². The fourth-order valence-electron chi connectivity index (χ4n) is 2.82. The van der Waals surface area contributed by atoms with E-state index in [0.29, 0.717) is 12.1 Å². The Labute approximate surface area is 112 Å². The number of nitrogens with one attached hydrogen (secondary N) is 1. The number of nitrogens with two attached hydrogens (primary N) is 1. The molecule has 2 nitrogen and oxygen atoms in total. The molecule has 1 aliphatic carbocycles. The lowest BCUT2D eigenvalue weighted by Crippen LogP contribution is -2.33. The molecule has 0 saturated heterocycles. The fraction of sp³-hybridized carbons (Fsp3) is 0.571. The monoisotopic (exact) mass is 296 g/mol. The molecule has 1 fully saturated rings. The van der Waals surface area contributed by atoms with Crippen LogP contribution >= 0.6 is 15.9 Å². The highest BCUT2D eigenvalue weighted by Crippen LogP contribution is 2.34. The second-order valence-corrected chi connectivity index (χ2v) is 5.91. The third-order valence-electron chi connectivity index (χ3n) is 3.83. The summed E-state index contributed by atoms with van der Waals surface area (Å²) in [5.74, 6) is 0.723. The lowest BCUT2D eigenvalue weighted by molar-refractivity contribution is 0.262. The van der Waals surface area contributed by atoms with Gasteiger partial charge in [0.15, 0.2) is 0 Å². The predicted molar refractivity (Wildman–Crippen MR) is 75.9 cm³/mol. The molecule has 1 saturated carbocycles. The van der Waals surface area contributed by atoms with E-state index in [4.69, 9.17) is 5.73 Å². The molecule has 0 heterocycles. The van der Waals surface area contributed by atoms with Gasteiger partial charge in [-0.3, -0.25) is 0 Å². The van der Waals surface area contributed by atoms with Gasteiger partial charge in [-0.1, -0.05) is 28.1 Å². The van der Waals surface area contributed by atoms with Crippen molar-refractivity contribution in [2.45, 2.75) is 37.8 Å². The van der Waals surface area contributed by atoms with Gasteiger partial charge in [-0.2, -0.15) is 0 Å². The lowest BCUT2D eigenvalue weighted by Gasteiger charge is -2.32. The van der Waals surface area contributed by atoms with Gasteiger partial charge in [0.2, 0.25) is 0 Å². The van der Waals surface area contributed by atoms with Crippen molar-refractivity contribution in [1.82, 2.24) is 5.32 Å². The maximum Gasteiger partial charge on any atom is 0.0346 e. The molecular formula is C14H21BrN2. The van der Waals surface area contributed by atoms with Crippen molar-refractivity contribution >= 4 is 15.9 Å². The number of halogens is 1. The first-order valence-electron chi connectivity index (χ1n) is 6.39. The highest BCUT2D eigenvalue weighted by Gasteiger charge is 2.26. The molecule has 94 valence electrons. The summed E-state index contributed by atoms with van der Waals surface area (Å²) < 4.78 is 1.14. The first-order chi connectivity index (χ1) is 8.20. The molecule has 1 atom stereocenters. The molecule has 1 aromatic carbocycles. The normalized spacial score (nSPS) is 26.8. The van der Waals surface area contributed by atoms with Crippen LogP contribution in [0.5, 0.6) is 0 Å². The second kappa shape index (κ2) is 5.98. The molecule has 1 unspecified atom stereocenters. The van der Waals surface area contributed by atoms with Crippen molar-refractivity contribution in [1.29, 1.82) is 0 Å². The van der Waals surface area contributed by atoms with E-state index in [1.165, 1.54) is 31.2 Å². The minimum atomic E-state index is 0.425. The first kappa shape index (κ1) is 13.1. The van der Waals surface area contributed by atoms with E-state index >= 15 is 0 Å². The molecule has 17 heavy (non-hydrogen) atoms. The molecular weight excluding hydrogens is 276 g/mol. The van der Waals surface area contributed by atoms with Crippen LogP contribution in [-0.4, -0.2) is 13.1 Å². The van der Waals surface area contributed by atoms with Crippen LogP contribution in [0.2, 0.25) is 0 Å². The lowest BCUT2D eigenvalue weighted by atomic mass is 9.79. The molecule has 0 bridgehead atoms. The summed E-state index contributed by atoms with van der Waals surface area (Å²) in [7, 11) is 2.06. The minimum absolute atomic E-state index is 0.425. The Bertz CT molecular complexity index is 342. The van der Waals surface area contributed by atoms with Gasteiger partial charge in [0.25, 0.3) is 0 Å². The Balaban J connectivity index is 2.08. The third kappa shape index (κ3) is 3.30. The van der Waals surface area contributed by atoms with E-state index in [0.717, 1.165) is 10.4 Å². The van der Waals surface area contributed by atoms with Gasteiger partial charge in [-0.15, -0.1) is 0 Å². The highest BCUT2D eigenvalue weighted by atomic mass is 79.9. The zero-order chi connectivity index (χ0) is 12.3. The SMILES string of the molecule is CNC(c1ccc(Br)cc1)C1CCC(N)CC1. The Morgan fingerprint density at radius 1 is 1.18 bits per heavy atom. The minimum Gasteiger partial charge on any atom is -0.328 e. The third-order valence-corrected chi connectivity index (χ3v) is 4.36. The van der Waals surface area contributed by atoms with Crippen molar-refractivity contribution < 1.29 is 0 Å². The number of hydrogen-bond acceptors (Lipinski definition) is 2. The van der Waals surface area contributed by atoms with Crippen LogP contribution in [0.1, 0.15) is 37.3 Å². The highest BCUT2D eigenvalue weighted by molar-refractivity contribution is 9.10. The van der Waals surface area contributed by atoms with Crippen LogP contribution in [0.4, 0.5) is 0 Å². The number of hydrogen-bond donors (Lipinski definition) is 2. The Morgan fingerprint density at radius 3 is 2.29 bits per heavy atom. The molecule has 3 heteroatoms. The zero-order valence-corrected chi connectivity index (χ0v) is 11.9. The van der Waals surface area contributed by atoms with Gasteiger partial charge in [0.05, 0.1) is 0 Å². The molecule has 1 aromatic rings. The smallest absolute Gasteiger partial charge is 0.0346 e. The summed E-state index contributed by atoms with van der Waals surface area (Å²) in [4.78, 5) is 0. The summed E-state index contributed by atoms with van der Waals surface area (Å²) in [5.41, 5.74) is 7.36. The van der Waals surface area contributed by atoms with Gasteiger partial charge < -0.3 is 11.1 Å². The maximum atomic E-state index is 5.97. The van der Waals surface area contributed by atoms with Crippen LogP contribution in [0, 0.1) is 5.92 Å². The molecule has 0 aromatic heterocycles. The van der Waals surface area contributed by atoms with E-state index in [-0.39, 0.29) is 0 Å². The van der Waals surface area contributed by atoms with Crippen molar-refractivity contribution in [2.75, 3.05) is 7.05 Å². The van der Waals surface area contributed by atoms with Gasteiger partial charge in [-0.25, -0.2) is 0 Å². The summed E-state index contributed by atoms with van der Waals surface area (Å²) in [6.45, 7) is 0. The average molecular weight is 297 g/mol. The summed E-state index contributed by atoms with van der Waals surface area (Å²) in [5, 5.41) is 3.47.